The average Bonchev–Trinajstić information content (AvgIpc) is 3.64. The van der Waals surface area contributed by atoms with E-state index in [2.05, 4.69) is 10.6 Å². The fourth-order valence-corrected chi connectivity index (χ4v) is 4.84. The molecule has 1 fully saturated rings. The fourth-order valence-electron chi connectivity index (χ4n) is 4.20. The Kier molecular flexibility index (Phi) is 7.77. The molecule has 0 spiro atoms. The molecule has 2 aromatic heterocycles. The van der Waals surface area contributed by atoms with Crippen LogP contribution in [0.15, 0.2) is 64.6 Å². The van der Waals surface area contributed by atoms with E-state index in [9.17, 15) is 19.2 Å². The quantitative estimate of drug-likeness (QED) is 0.436. The highest BCUT2D eigenvalue weighted by atomic mass is 32.1. The number of thiophene rings is 1. The Morgan fingerprint density at radius 2 is 1.80 bits per heavy atom. The van der Waals surface area contributed by atoms with Crippen LogP contribution in [0.1, 0.15) is 64.4 Å². The van der Waals surface area contributed by atoms with Crippen LogP contribution in [0.25, 0.3) is 0 Å². The van der Waals surface area contributed by atoms with Crippen molar-refractivity contribution in [3.05, 3.63) is 76.4 Å². The molecular weight excluding hydrogens is 466 g/mol. The molecule has 2 N–H and O–H groups in total. The number of amides is 3. The second-order valence-electron chi connectivity index (χ2n) is 8.43. The summed E-state index contributed by atoms with van der Waals surface area (Å²) in [5, 5.41) is 7.48. The number of hydrogen-bond acceptors (Lipinski definition) is 6. The Hall–Kier alpha value is -3.72. The van der Waals surface area contributed by atoms with Crippen LogP contribution in [0.4, 0.5) is 5.69 Å². The van der Waals surface area contributed by atoms with Gasteiger partial charge in [-0.2, -0.15) is 0 Å². The highest BCUT2D eigenvalue weighted by Crippen LogP contribution is 2.30. The van der Waals surface area contributed by atoms with Crippen LogP contribution < -0.4 is 15.5 Å². The lowest BCUT2D eigenvalue weighted by Crippen LogP contribution is -2.49. The standard InChI is InChI=1S/C26H27N3O5S/c1-17(30)18-10-12-20(13-11-18)29(23(31)16-27-25(32)22-9-5-15-35-22)24(21-8-4-14-34-21)26(33)28-19-6-2-3-7-19/h4-5,8-15,19,24H,2-3,6-7,16H2,1H3,(H,27,32)(H,28,33)/t24-/m1/s1. The molecule has 1 aliphatic carbocycles. The molecule has 3 aromatic rings. The number of ketones is 1. The van der Waals surface area contributed by atoms with Crippen LogP contribution in [-0.4, -0.2) is 36.1 Å². The number of benzene rings is 1. The lowest BCUT2D eigenvalue weighted by Gasteiger charge is -2.31. The van der Waals surface area contributed by atoms with Gasteiger partial charge < -0.3 is 15.1 Å². The van der Waals surface area contributed by atoms with Gasteiger partial charge in [0.15, 0.2) is 11.8 Å². The normalized spacial score (nSPS) is 14.3. The minimum atomic E-state index is -1.08. The van der Waals surface area contributed by atoms with Crippen LogP contribution in [0.5, 0.6) is 0 Å². The lowest BCUT2D eigenvalue weighted by molar-refractivity contribution is -0.127. The minimum absolute atomic E-state index is 0.0375. The van der Waals surface area contributed by atoms with Crippen molar-refractivity contribution >= 4 is 40.5 Å². The first-order valence-corrected chi connectivity index (χ1v) is 12.4. The van der Waals surface area contributed by atoms with Gasteiger partial charge in [0.2, 0.25) is 5.91 Å². The van der Waals surface area contributed by atoms with Crippen molar-refractivity contribution in [2.75, 3.05) is 11.4 Å². The zero-order valence-corrected chi connectivity index (χ0v) is 20.2. The number of hydrogen-bond donors (Lipinski definition) is 2. The third-order valence-electron chi connectivity index (χ3n) is 5.99. The second kappa shape index (κ2) is 11.1. The summed E-state index contributed by atoms with van der Waals surface area (Å²) in [5.74, 6) is -1.03. The van der Waals surface area contributed by atoms with Crippen LogP contribution in [0.3, 0.4) is 0 Å². The highest BCUT2D eigenvalue weighted by molar-refractivity contribution is 7.12. The Labute approximate surface area is 207 Å². The van der Waals surface area contributed by atoms with E-state index >= 15 is 0 Å². The third kappa shape index (κ3) is 5.86. The third-order valence-corrected chi connectivity index (χ3v) is 6.86. The maximum Gasteiger partial charge on any atom is 0.261 e. The molecule has 0 radical (unpaired) electrons. The van der Waals surface area contributed by atoms with E-state index in [1.807, 2.05) is 0 Å². The number of carbonyl (C=O) groups excluding carboxylic acids is 4. The number of nitrogens with one attached hydrogen (secondary N) is 2. The summed E-state index contributed by atoms with van der Waals surface area (Å²) in [7, 11) is 0. The summed E-state index contributed by atoms with van der Waals surface area (Å²) in [5.41, 5.74) is 0.894. The van der Waals surface area contributed by atoms with Crippen molar-refractivity contribution in [2.24, 2.45) is 0 Å². The summed E-state index contributed by atoms with van der Waals surface area (Å²) < 4.78 is 5.59. The van der Waals surface area contributed by atoms with Crippen LogP contribution in [0.2, 0.25) is 0 Å². The van der Waals surface area contributed by atoms with Gasteiger partial charge in [0.1, 0.15) is 5.76 Å². The number of nitrogens with zero attached hydrogens (tertiary/aromatic N) is 1. The molecule has 3 amide bonds. The predicted octanol–water partition coefficient (Wildman–Crippen LogP) is 4.11. The number of furan rings is 1. The van der Waals surface area contributed by atoms with E-state index in [4.69, 9.17) is 4.42 Å². The van der Waals surface area contributed by atoms with E-state index in [-0.39, 0.29) is 30.2 Å². The molecule has 8 nitrogen and oxygen atoms in total. The van der Waals surface area contributed by atoms with E-state index in [0.29, 0.717) is 21.9 Å². The molecule has 0 saturated heterocycles. The second-order valence-corrected chi connectivity index (χ2v) is 9.38. The van der Waals surface area contributed by atoms with Crippen LogP contribution in [0, 0.1) is 0 Å². The van der Waals surface area contributed by atoms with Gasteiger partial charge in [0, 0.05) is 17.3 Å². The number of Topliss-reactive ketones (excluding diaryl/α,β-unsaturated/α-hetero) is 1. The molecule has 0 bridgehead atoms. The molecule has 9 heteroatoms. The van der Waals surface area contributed by atoms with E-state index in [1.54, 1.807) is 53.9 Å². The molecule has 0 aliphatic heterocycles. The monoisotopic (exact) mass is 493 g/mol. The highest BCUT2D eigenvalue weighted by Gasteiger charge is 2.36. The summed E-state index contributed by atoms with van der Waals surface area (Å²) in [6, 6.07) is 12.1. The van der Waals surface area contributed by atoms with Crippen LogP contribution in [-0.2, 0) is 9.59 Å². The molecule has 1 saturated carbocycles. The van der Waals surface area contributed by atoms with Gasteiger partial charge >= 0.3 is 0 Å². The summed E-state index contributed by atoms with van der Waals surface area (Å²) in [6.45, 7) is 1.14. The van der Waals surface area contributed by atoms with Crippen molar-refractivity contribution < 1.29 is 23.6 Å². The molecule has 1 atom stereocenters. The summed E-state index contributed by atoms with van der Waals surface area (Å²) in [4.78, 5) is 53.1. The Morgan fingerprint density at radius 3 is 2.40 bits per heavy atom. The maximum absolute atomic E-state index is 13.5. The first-order chi connectivity index (χ1) is 16.9. The molecule has 0 unspecified atom stereocenters. The Balaban J connectivity index is 1.65. The van der Waals surface area contributed by atoms with Crippen molar-refractivity contribution in [3.63, 3.8) is 0 Å². The minimum Gasteiger partial charge on any atom is -0.467 e. The SMILES string of the molecule is CC(=O)c1ccc(N(C(=O)CNC(=O)c2cccs2)[C@@H](C(=O)NC2CCCC2)c2ccco2)cc1. The fraction of sp³-hybridized carbons (Fsp3) is 0.308. The maximum atomic E-state index is 13.5. The van der Waals surface area contributed by atoms with Crippen molar-refractivity contribution in [1.82, 2.24) is 10.6 Å². The topological polar surface area (TPSA) is 109 Å². The van der Waals surface area contributed by atoms with Gasteiger partial charge in [0.05, 0.1) is 17.7 Å². The first-order valence-electron chi connectivity index (χ1n) is 11.5. The van der Waals surface area contributed by atoms with Gasteiger partial charge in [0.25, 0.3) is 11.8 Å². The number of carbonyl (C=O) groups is 4. The predicted molar refractivity (Wildman–Crippen MR) is 132 cm³/mol. The average molecular weight is 494 g/mol. The Morgan fingerprint density at radius 1 is 1.06 bits per heavy atom. The van der Waals surface area contributed by atoms with Gasteiger partial charge in [-0.15, -0.1) is 11.3 Å². The van der Waals surface area contributed by atoms with Gasteiger partial charge in [-0.05, 0) is 67.6 Å². The first kappa shape index (κ1) is 24.4. The van der Waals surface area contributed by atoms with Gasteiger partial charge in [-0.3, -0.25) is 24.1 Å². The molecule has 4 rings (SSSR count). The Bertz CT molecular complexity index is 1170. The van der Waals surface area contributed by atoms with Crippen molar-refractivity contribution in [3.8, 4) is 0 Å². The van der Waals surface area contributed by atoms with E-state index in [1.165, 1.54) is 29.4 Å². The van der Waals surface area contributed by atoms with Crippen molar-refractivity contribution in [2.45, 2.75) is 44.7 Å². The van der Waals surface area contributed by atoms with Crippen LogP contribution >= 0.6 is 11.3 Å². The lowest BCUT2D eigenvalue weighted by atomic mass is 10.1. The largest absolute Gasteiger partial charge is 0.467 e. The molecule has 182 valence electrons. The van der Waals surface area contributed by atoms with Crippen molar-refractivity contribution in [1.29, 1.82) is 0 Å². The summed E-state index contributed by atoms with van der Waals surface area (Å²) >= 11 is 1.27. The van der Waals surface area contributed by atoms with E-state index in [0.717, 1.165) is 25.7 Å². The zero-order valence-electron chi connectivity index (χ0n) is 19.4. The molecule has 2 heterocycles. The molecular formula is C26H27N3O5S. The molecule has 35 heavy (non-hydrogen) atoms. The van der Waals surface area contributed by atoms with Gasteiger partial charge in [-0.25, -0.2) is 0 Å². The molecule has 1 aliphatic rings. The molecule has 1 aromatic carbocycles. The zero-order chi connectivity index (χ0) is 24.8. The number of rotatable bonds is 9. The summed E-state index contributed by atoms with van der Waals surface area (Å²) in [6.07, 6.45) is 5.30. The van der Waals surface area contributed by atoms with E-state index < -0.39 is 11.9 Å². The van der Waals surface area contributed by atoms with Gasteiger partial charge in [-0.1, -0.05) is 18.9 Å². The smallest absolute Gasteiger partial charge is 0.261 e. The number of anilines is 1.